The third kappa shape index (κ3) is 4.89. The molecule has 1 aromatic heterocycles. The Balaban J connectivity index is 1.93. The van der Waals surface area contributed by atoms with Gasteiger partial charge in [0.25, 0.3) is 5.91 Å². The number of rotatable bonds is 6. The second-order valence-electron chi connectivity index (χ2n) is 6.15. The summed E-state index contributed by atoms with van der Waals surface area (Å²) in [6.45, 7) is 5.93. The molecule has 2 unspecified atom stereocenters. The highest BCUT2D eigenvalue weighted by atomic mass is 16.3. The summed E-state index contributed by atoms with van der Waals surface area (Å²) in [5, 5.41) is 13.1. The van der Waals surface area contributed by atoms with Gasteiger partial charge in [-0.15, -0.1) is 0 Å². The number of aliphatic hydroxyl groups is 1. The molecule has 0 radical (unpaired) electrons. The number of amides is 1. The number of hydrogen-bond donors (Lipinski definition) is 2. The van der Waals surface area contributed by atoms with Gasteiger partial charge in [0.1, 0.15) is 0 Å². The summed E-state index contributed by atoms with van der Waals surface area (Å²) in [7, 11) is 0. The summed E-state index contributed by atoms with van der Waals surface area (Å²) < 4.78 is 0. The van der Waals surface area contributed by atoms with E-state index in [-0.39, 0.29) is 11.9 Å². The van der Waals surface area contributed by atoms with Gasteiger partial charge in [-0.3, -0.25) is 9.78 Å². The summed E-state index contributed by atoms with van der Waals surface area (Å²) >= 11 is 0. The zero-order valence-electron chi connectivity index (χ0n) is 13.9. The highest BCUT2D eigenvalue weighted by molar-refractivity contribution is 5.94. The van der Waals surface area contributed by atoms with Crippen molar-refractivity contribution in [3.63, 3.8) is 0 Å². The first-order chi connectivity index (χ1) is 11.0. The Morgan fingerprint density at radius 2 is 1.83 bits per heavy atom. The van der Waals surface area contributed by atoms with E-state index in [9.17, 15) is 9.90 Å². The predicted molar refractivity (Wildman–Crippen MR) is 91.4 cm³/mol. The average molecular weight is 312 g/mol. The first-order valence-electron chi connectivity index (χ1n) is 7.96. The Morgan fingerprint density at radius 3 is 2.39 bits per heavy atom. The molecule has 2 atom stereocenters. The highest BCUT2D eigenvalue weighted by Crippen LogP contribution is 2.12. The summed E-state index contributed by atoms with van der Waals surface area (Å²) in [5.41, 5.74) is 2.51. The van der Waals surface area contributed by atoms with Crippen molar-refractivity contribution in [2.45, 2.75) is 45.3 Å². The highest BCUT2D eigenvalue weighted by Gasteiger charge is 2.18. The molecule has 0 aliphatic carbocycles. The van der Waals surface area contributed by atoms with E-state index in [2.05, 4.69) is 24.1 Å². The molecule has 0 aliphatic heterocycles. The number of nitrogens with one attached hydrogen (secondary N) is 1. The number of carbonyl (C=O) groups excluding carboxylic acids is 1. The van der Waals surface area contributed by atoms with Crippen molar-refractivity contribution in [3.05, 3.63) is 65.5 Å². The van der Waals surface area contributed by atoms with Crippen molar-refractivity contribution in [3.8, 4) is 0 Å². The number of pyridine rings is 1. The van der Waals surface area contributed by atoms with Crippen LogP contribution in [0.1, 0.15) is 48.3 Å². The average Bonchev–Trinajstić information content (AvgIpc) is 2.55. The molecule has 0 aliphatic rings. The first-order valence-corrected chi connectivity index (χ1v) is 7.96. The van der Waals surface area contributed by atoms with Gasteiger partial charge in [-0.05, 0) is 30.5 Å². The second kappa shape index (κ2) is 7.88. The minimum Gasteiger partial charge on any atom is -0.391 e. The van der Waals surface area contributed by atoms with E-state index in [4.69, 9.17) is 0 Å². The molecule has 2 rings (SSSR count). The standard InChI is InChI=1S/C19H24N2O2/c1-13(2)17-10-9-16(12-20-17)19(23)21-14(3)18(22)11-15-7-5-4-6-8-15/h4-10,12-14,18,22H,11H2,1-3H3,(H,21,23). The lowest BCUT2D eigenvalue weighted by atomic mass is 10.0. The maximum Gasteiger partial charge on any atom is 0.253 e. The monoisotopic (exact) mass is 312 g/mol. The van der Waals surface area contributed by atoms with Crippen molar-refractivity contribution in [1.82, 2.24) is 10.3 Å². The molecular formula is C19H24N2O2. The fraction of sp³-hybridized carbons (Fsp3) is 0.368. The summed E-state index contributed by atoms with van der Waals surface area (Å²) in [6, 6.07) is 13.0. The lowest BCUT2D eigenvalue weighted by Gasteiger charge is -2.20. The molecule has 0 fully saturated rings. The van der Waals surface area contributed by atoms with E-state index in [0.29, 0.717) is 17.9 Å². The van der Waals surface area contributed by atoms with Crippen molar-refractivity contribution in [1.29, 1.82) is 0 Å². The van der Waals surface area contributed by atoms with Crippen LogP contribution in [0.3, 0.4) is 0 Å². The van der Waals surface area contributed by atoms with Crippen LogP contribution in [-0.4, -0.2) is 28.1 Å². The first kappa shape index (κ1) is 17.2. The van der Waals surface area contributed by atoms with Crippen LogP contribution in [0.2, 0.25) is 0 Å². The molecule has 0 bridgehead atoms. The smallest absolute Gasteiger partial charge is 0.253 e. The summed E-state index contributed by atoms with van der Waals surface area (Å²) in [5.74, 6) is 0.117. The van der Waals surface area contributed by atoms with Gasteiger partial charge in [-0.25, -0.2) is 0 Å². The van der Waals surface area contributed by atoms with Crippen LogP contribution in [-0.2, 0) is 6.42 Å². The maximum atomic E-state index is 12.2. The molecule has 4 nitrogen and oxygen atoms in total. The van der Waals surface area contributed by atoms with Gasteiger partial charge < -0.3 is 10.4 Å². The molecule has 1 amide bonds. The van der Waals surface area contributed by atoms with Crippen LogP contribution < -0.4 is 5.32 Å². The molecule has 0 saturated heterocycles. The molecule has 4 heteroatoms. The maximum absolute atomic E-state index is 12.2. The minimum absolute atomic E-state index is 0.215. The Bertz CT molecular complexity index is 624. The largest absolute Gasteiger partial charge is 0.391 e. The number of aromatic nitrogens is 1. The van der Waals surface area contributed by atoms with Crippen molar-refractivity contribution < 1.29 is 9.90 Å². The van der Waals surface area contributed by atoms with E-state index in [1.807, 2.05) is 36.4 Å². The van der Waals surface area contributed by atoms with Crippen molar-refractivity contribution in [2.75, 3.05) is 0 Å². The number of hydrogen-bond acceptors (Lipinski definition) is 3. The molecule has 1 aromatic carbocycles. The van der Waals surface area contributed by atoms with Crippen LogP contribution in [0.5, 0.6) is 0 Å². The molecule has 2 N–H and O–H groups in total. The van der Waals surface area contributed by atoms with Crippen LogP contribution in [0, 0.1) is 0 Å². The number of aliphatic hydroxyl groups excluding tert-OH is 1. The van der Waals surface area contributed by atoms with Gasteiger partial charge in [0.15, 0.2) is 0 Å². The molecule has 0 saturated carbocycles. The topological polar surface area (TPSA) is 62.2 Å². The third-order valence-corrected chi connectivity index (χ3v) is 3.86. The molecule has 2 aromatic rings. The van der Waals surface area contributed by atoms with Gasteiger partial charge >= 0.3 is 0 Å². The van der Waals surface area contributed by atoms with Gasteiger partial charge in [0.2, 0.25) is 0 Å². The van der Waals surface area contributed by atoms with Crippen LogP contribution in [0.15, 0.2) is 48.7 Å². The number of carbonyl (C=O) groups is 1. The fourth-order valence-corrected chi connectivity index (χ4v) is 2.30. The normalized spacial score (nSPS) is 13.6. The molecular weight excluding hydrogens is 288 g/mol. The fourth-order valence-electron chi connectivity index (χ4n) is 2.30. The predicted octanol–water partition coefficient (Wildman–Crippen LogP) is 2.93. The van der Waals surface area contributed by atoms with E-state index < -0.39 is 6.10 Å². The Kier molecular flexibility index (Phi) is 5.88. The van der Waals surface area contributed by atoms with E-state index in [1.165, 1.54) is 0 Å². The Morgan fingerprint density at radius 1 is 1.13 bits per heavy atom. The molecule has 122 valence electrons. The van der Waals surface area contributed by atoms with Gasteiger partial charge in [-0.1, -0.05) is 44.2 Å². The van der Waals surface area contributed by atoms with Crippen molar-refractivity contribution in [2.24, 2.45) is 0 Å². The van der Waals surface area contributed by atoms with Crippen molar-refractivity contribution >= 4 is 5.91 Å². The SMILES string of the molecule is CC(C)c1ccc(C(=O)NC(C)C(O)Cc2ccccc2)cn1. The van der Waals surface area contributed by atoms with E-state index in [1.54, 1.807) is 19.2 Å². The second-order valence-corrected chi connectivity index (χ2v) is 6.15. The lowest BCUT2D eigenvalue weighted by Crippen LogP contribution is -2.42. The van der Waals surface area contributed by atoms with Gasteiger partial charge in [0, 0.05) is 18.3 Å². The van der Waals surface area contributed by atoms with Crippen LogP contribution in [0.25, 0.3) is 0 Å². The van der Waals surface area contributed by atoms with E-state index >= 15 is 0 Å². The van der Waals surface area contributed by atoms with Crippen LogP contribution >= 0.6 is 0 Å². The van der Waals surface area contributed by atoms with Crippen LogP contribution in [0.4, 0.5) is 0 Å². The third-order valence-electron chi connectivity index (χ3n) is 3.86. The zero-order chi connectivity index (χ0) is 16.8. The lowest BCUT2D eigenvalue weighted by molar-refractivity contribution is 0.0851. The summed E-state index contributed by atoms with van der Waals surface area (Å²) in [6.07, 6.45) is 1.46. The van der Waals surface area contributed by atoms with Gasteiger partial charge in [-0.2, -0.15) is 0 Å². The Labute approximate surface area is 137 Å². The zero-order valence-corrected chi connectivity index (χ0v) is 13.9. The number of benzene rings is 1. The molecule has 23 heavy (non-hydrogen) atoms. The molecule has 1 heterocycles. The quantitative estimate of drug-likeness (QED) is 0.862. The van der Waals surface area contributed by atoms with Gasteiger partial charge in [0.05, 0.1) is 17.7 Å². The summed E-state index contributed by atoms with van der Waals surface area (Å²) in [4.78, 5) is 16.5. The Hall–Kier alpha value is -2.20. The molecule has 0 spiro atoms. The number of nitrogens with zero attached hydrogens (tertiary/aromatic N) is 1. The minimum atomic E-state index is -0.635. The van der Waals surface area contributed by atoms with E-state index in [0.717, 1.165) is 11.3 Å².